The van der Waals surface area contributed by atoms with Crippen molar-refractivity contribution < 1.29 is 22.0 Å². The minimum absolute atomic E-state index is 0.464. The van der Waals surface area contributed by atoms with Gasteiger partial charge in [0, 0.05) is 0 Å². The third kappa shape index (κ3) is 3.19. The average Bonchev–Trinajstić information content (AvgIpc) is 2.02. The second-order valence-electron chi connectivity index (χ2n) is 2.26. The van der Waals surface area contributed by atoms with Crippen LogP contribution in [-0.4, -0.2) is 24.9 Å². The first-order valence-electron chi connectivity index (χ1n) is 3.32. The molecule has 0 heterocycles. The van der Waals surface area contributed by atoms with Gasteiger partial charge in [-0.3, -0.25) is 0 Å². The van der Waals surface area contributed by atoms with Crippen molar-refractivity contribution >= 4 is 0 Å². The molecule has 0 rings (SSSR count). The summed E-state index contributed by atoms with van der Waals surface area (Å²) < 4.78 is 59.8. The fourth-order valence-electron chi connectivity index (χ4n) is 0.628. The van der Waals surface area contributed by atoms with Gasteiger partial charge in [-0.05, 0) is 6.42 Å². The SMILES string of the molecule is C=CCC(F)C(F)C(F)C(F)F. The first-order chi connectivity index (χ1) is 5.50. The Morgan fingerprint density at radius 3 is 1.83 bits per heavy atom. The molecule has 3 unspecified atom stereocenters. The molecular weight excluding hydrogens is 179 g/mol. The van der Waals surface area contributed by atoms with Gasteiger partial charge in [0.2, 0.25) is 0 Å². The lowest BCUT2D eigenvalue weighted by molar-refractivity contribution is -0.0223. The van der Waals surface area contributed by atoms with Gasteiger partial charge in [-0.25, -0.2) is 22.0 Å². The van der Waals surface area contributed by atoms with Crippen molar-refractivity contribution in [2.24, 2.45) is 0 Å². The van der Waals surface area contributed by atoms with E-state index in [0.29, 0.717) is 0 Å². The first-order valence-corrected chi connectivity index (χ1v) is 3.32. The Labute approximate surface area is 67.1 Å². The smallest absolute Gasteiger partial charge is 0.244 e. The lowest BCUT2D eigenvalue weighted by atomic mass is 10.1. The predicted molar refractivity (Wildman–Crippen MR) is 35.5 cm³/mol. The van der Waals surface area contributed by atoms with E-state index >= 15 is 0 Å². The molecule has 0 amide bonds. The van der Waals surface area contributed by atoms with Crippen molar-refractivity contribution in [3.05, 3.63) is 12.7 Å². The highest BCUT2D eigenvalue weighted by Gasteiger charge is 2.35. The zero-order valence-corrected chi connectivity index (χ0v) is 6.19. The molecule has 0 bridgehead atoms. The molecule has 0 saturated heterocycles. The average molecular weight is 188 g/mol. The van der Waals surface area contributed by atoms with Crippen LogP contribution in [0, 0.1) is 0 Å². The molecule has 0 aromatic carbocycles. The monoisotopic (exact) mass is 188 g/mol. The Morgan fingerprint density at radius 2 is 1.50 bits per heavy atom. The number of allylic oxidation sites excluding steroid dienone is 1. The fraction of sp³-hybridized carbons (Fsp3) is 0.714. The second kappa shape index (κ2) is 5.11. The number of hydrogen-bond acceptors (Lipinski definition) is 0. The van der Waals surface area contributed by atoms with Gasteiger partial charge in [-0.15, -0.1) is 6.58 Å². The molecule has 3 atom stereocenters. The second-order valence-corrected chi connectivity index (χ2v) is 2.26. The molecule has 0 radical (unpaired) electrons. The summed E-state index contributed by atoms with van der Waals surface area (Å²) in [7, 11) is 0. The molecule has 5 heteroatoms. The van der Waals surface area contributed by atoms with Gasteiger partial charge in [0.25, 0.3) is 6.43 Å². The Morgan fingerprint density at radius 1 is 1.00 bits per heavy atom. The highest BCUT2D eigenvalue weighted by atomic mass is 19.3. The Bertz CT molecular complexity index is 136. The van der Waals surface area contributed by atoms with E-state index in [-0.39, 0.29) is 0 Å². The van der Waals surface area contributed by atoms with E-state index in [1.165, 1.54) is 0 Å². The van der Waals surface area contributed by atoms with Crippen LogP contribution in [0.2, 0.25) is 0 Å². The van der Waals surface area contributed by atoms with Crippen LogP contribution in [-0.2, 0) is 0 Å². The van der Waals surface area contributed by atoms with Gasteiger partial charge < -0.3 is 0 Å². The van der Waals surface area contributed by atoms with Crippen molar-refractivity contribution in [3.63, 3.8) is 0 Å². The van der Waals surface area contributed by atoms with Crippen LogP contribution in [0.5, 0.6) is 0 Å². The van der Waals surface area contributed by atoms with Crippen LogP contribution in [0.4, 0.5) is 22.0 Å². The van der Waals surface area contributed by atoms with Crippen molar-refractivity contribution in [1.82, 2.24) is 0 Å². The minimum atomic E-state index is -3.48. The van der Waals surface area contributed by atoms with Crippen LogP contribution in [0.3, 0.4) is 0 Å². The van der Waals surface area contributed by atoms with Gasteiger partial charge >= 0.3 is 0 Å². The quantitative estimate of drug-likeness (QED) is 0.459. The molecule has 0 nitrogen and oxygen atoms in total. The molecule has 12 heavy (non-hydrogen) atoms. The zero-order valence-electron chi connectivity index (χ0n) is 6.19. The topological polar surface area (TPSA) is 0 Å². The highest BCUT2D eigenvalue weighted by molar-refractivity contribution is 4.83. The van der Waals surface area contributed by atoms with Crippen LogP contribution < -0.4 is 0 Å². The molecule has 0 spiro atoms. The molecule has 72 valence electrons. The highest BCUT2D eigenvalue weighted by Crippen LogP contribution is 2.20. The zero-order chi connectivity index (χ0) is 9.72. The Hall–Kier alpha value is -0.610. The van der Waals surface area contributed by atoms with E-state index in [4.69, 9.17) is 0 Å². The molecular formula is C7H9F5. The Balaban J connectivity index is 3.98. The minimum Gasteiger partial charge on any atom is -0.244 e. The van der Waals surface area contributed by atoms with E-state index in [2.05, 4.69) is 6.58 Å². The van der Waals surface area contributed by atoms with Gasteiger partial charge in [0.1, 0.15) is 6.17 Å². The van der Waals surface area contributed by atoms with E-state index in [9.17, 15) is 22.0 Å². The maximum absolute atomic E-state index is 12.4. The van der Waals surface area contributed by atoms with Crippen LogP contribution in [0.25, 0.3) is 0 Å². The molecule has 0 aromatic heterocycles. The van der Waals surface area contributed by atoms with Crippen molar-refractivity contribution in [3.8, 4) is 0 Å². The third-order valence-corrected chi connectivity index (χ3v) is 1.28. The van der Waals surface area contributed by atoms with Crippen molar-refractivity contribution in [1.29, 1.82) is 0 Å². The standard InChI is InChI=1S/C7H9F5/c1-2-3-4(8)5(9)6(10)7(11)12/h2,4-7H,1,3H2. The number of alkyl halides is 5. The summed E-state index contributed by atoms with van der Waals surface area (Å²) in [5.74, 6) is 0. The van der Waals surface area contributed by atoms with Crippen LogP contribution >= 0.6 is 0 Å². The van der Waals surface area contributed by atoms with E-state index in [1.807, 2.05) is 0 Å². The summed E-state index contributed by atoms with van der Waals surface area (Å²) in [6.07, 6.45) is -11.0. The fourth-order valence-corrected chi connectivity index (χ4v) is 0.628. The van der Waals surface area contributed by atoms with Gasteiger partial charge in [-0.2, -0.15) is 0 Å². The van der Waals surface area contributed by atoms with Crippen molar-refractivity contribution in [2.75, 3.05) is 0 Å². The van der Waals surface area contributed by atoms with E-state index < -0.39 is 31.4 Å². The molecule has 0 aromatic rings. The molecule has 0 N–H and O–H groups in total. The van der Waals surface area contributed by atoms with Gasteiger partial charge in [-0.1, -0.05) is 6.08 Å². The summed E-state index contributed by atoms with van der Waals surface area (Å²) in [6, 6.07) is 0. The van der Waals surface area contributed by atoms with Gasteiger partial charge in [0.05, 0.1) is 0 Å². The van der Waals surface area contributed by atoms with E-state index in [0.717, 1.165) is 6.08 Å². The predicted octanol–water partition coefficient (Wildman–Crippen LogP) is 2.84. The normalized spacial score (nSPS) is 18.8. The third-order valence-electron chi connectivity index (χ3n) is 1.28. The van der Waals surface area contributed by atoms with E-state index in [1.54, 1.807) is 0 Å². The van der Waals surface area contributed by atoms with Crippen molar-refractivity contribution in [2.45, 2.75) is 31.4 Å². The molecule has 0 aliphatic rings. The summed E-state index contributed by atoms with van der Waals surface area (Å²) in [4.78, 5) is 0. The number of halogens is 5. The molecule has 0 fully saturated rings. The number of hydrogen-bond donors (Lipinski definition) is 0. The summed E-state index contributed by atoms with van der Waals surface area (Å²) in [5, 5.41) is 0. The molecule has 0 saturated carbocycles. The number of rotatable bonds is 5. The molecule has 0 aliphatic carbocycles. The summed E-state index contributed by atoms with van der Waals surface area (Å²) in [6.45, 7) is 3.07. The maximum Gasteiger partial charge on any atom is 0.272 e. The van der Waals surface area contributed by atoms with Crippen LogP contribution in [0.15, 0.2) is 12.7 Å². The first kappa shape index (κ1) is 11.4. The molecule has 0 aliphatic heterocycles. The lowest BCUT2D eigenvalue weighted by Gasteiger charge is -2.15. The lowest BCUT2D eigenvalue weighted by Crippen LogP contribution is -2.32. The van der Waals surface area contributed by atoms with Crippen LogP contribution in [0.1, 0.15) is 6.42 Å². The summed E-state index contributed by atoms with van der Waals surface area (Å²) in [5.41, 5.74) is 0. The maximum atomic E-state index is 12.4. The Kier molecular flexibility index (Phi) is 4.85. The van der Waals surface area contributed by atoms with Gasteiger partial charge in [0.15, 0.2) is 12.3 Å². The summed E-state index contributed by atoms with van der Waals surface area (Å²) >= 11 is 0. The largest absolute Gasteiger partial charge is 0.272 e.